The smallest absolute Gasteiger partial charge is 0.278 e. The molecule has 6 rings (SSSR count). The van der Waals surface area contributed by atoms with Crippen LogP contribution in [-0.2, 0) is 11.8 Å². The summed E-state index contributed by atoms with van der Waals surface area (Å²) >= 11 is 0. The first-order chi connectivity index (χ1) is 18.3. The van der Waals surface area contributed by atoms with Crippen LogP contribution in [0.4, 0.5) is 17.5 Å². The van der Waals surface area contributed by atoms with Gasteiger partial charge in [0.1, 0.15) is 23.0 Å². The Morgan fingerprint density at radius 2 is 1.97 bits per heavy atom. The number of fused-ring (bicyclic) bond motifs is 1. The Labute approximate surface area is 218 Å². The molecule has 3 aromatic heterocycles. The number of anilines is 3. The zero-order valence-corrected chi connectivity index (χ0v) is 21.1. The highest BCUT2D eigenvalue weighted by Crippen LogP contribution is 2.40. The van der Waals surface area contributed by atoms with Crippen LogP contribution in [0.3, 0.4) is 0 Å². The Hall–Kier alpha value is -4.44. The number of pyridine rings is 2. The van der Waals surface area contributed by atoms with E-state index in [0.717, 1.165) is 47.9 Å². The van der Waals surface area contributed by atoms with Crippen molar-refractivity contribution in [1.82, 2.24) is 19.1 Å². The van der Waals surface area contributed by atoms with Crippen molar-refractivity contribution in [2.24, 2.45) is 7.05 Å². The summed E-state index contributed by atoms with van der Waals surface area (Å²) in [6.07, 6.45) is 8.50. The number of hydrogen-bond acceptors (Lipinski definition) is 7. The average molecular weight is 513 g/mol. The number of aliphatic hydroxyl groups excluding tert-OH is 1. The quantitative estimate of drug-likeness (QED) is 0.333. The first kappa shape index (κ1) is 23.9. The fourth-order valence-electron chi connectivity index (χ4n) is 4.54. The highest BCUT2D eigenvalue weighted by atomic mass is 16.5. The second-order valence-corrected chi connectivity index (χ2v) is 9.86. The van der Waals surface area contributed by atoms with Gasteiger partial charge in [-0.25, -0.2) is 9.97 Å². The molecule has 0 aliphatic heterocycles. The summed E-state index contributed by atoms with van der Waals surface area (Å²) in [6, 6.07) is 10.8. The van der Waals surface area contributed by atoms with E-state index in [4.69, 9.17) is 9.72 Å². The van der Waals surface area contributed by atoms with Crippen LogP contribution in [0.25, 0.3) is 17.2 Å². The Morgan fingerprint density at radius 3 is 2.68 bits per heavy atom. The van der Waals surface area contributed by atoms with Gasteiger partial charge in [0.2, 0.25) is 11.9 Å². The van der Waals surface area contributed by atoms with Crippen molar-refractivity contribution < 1.29 is 14.6 Å². The van der Waals surface area contributed by atoms with E-state index in [1.165, 1.54) is 6.92 Å². The van der Waals surface area contributed by atoms with Gasteiger partial charge in [0, 0.05) is 44.7 Å². The first-order valence-electron chi connectivity index (χ1n) is 12.6. The van der Waals surface area contributed by atoms with E-state index in [2.05, 4.69) is 15.6 Å². The SMILES string of the molecule is CC(=O)Nc1cc(Oc2ccc3nc(Nc4cc(C5CC5)cn(/C=C5\CCC5O)c4=O)n(C)c3c2)ccn1. The molecule has 1 aromatic carbocycles. The predicted molar refractivity (Wildman–Crippen MR) is 145 cm³/mol. The Balaban J connectivity index is 1.30. The minimum Gasteiger partial charge on any atom is -0.457 e. The van der Waals surface area contributed by atoms with Crippen molar-refractivity contribution in [3.05, 3.63) is 70.3 Å². The number of benzene rings is 1. The van der Waals surface area contributed by atoms with E-state index < -0.39 is 6.10 Å². The van der Waals surface area contributed by atoms with E-state index in [0.29, 0.717) is 34.9 Å². The van der Waals surface area contributed by atoms with E-state index >= 15 is 0 Å². The molecule has 2 aliphatic rings. The van der Waals surface area contributed by atoms with Gasteiger partial charge in [-0.2, -0.15) is 0 Å². The third-order valence-corrected chi connectivity index (χ3v) is 6.92. The third-order valence-electron chi connectivity index (χ3n) is 6.92. The minimum atomic E-state index is -0.469. The van der Waals surface area contributed by atoms with Crippen LogP contribution in [0.2, 0.25) is 0 Å². The van der Waals surface area contributed by atoms with Gasteiger partial charge in [0.15, 0.2) is 0 Å². The van der Waals surface area contributed by atoms with Gasteiger partial charge in [-0.1, -0.05) is 0 Å². The topological polar surface area (TPSA) is 123 Å². The fraction of sp³-hybridized carbons (Fsp3) is 0.286. The number of ether oxygens (including phenoxy) is 1. The van der Waals surface area contributed by atoms with Crippen LogP contribution >= 0.6 is 0 Å². The number of nitrogens with zero attached hydrogens (tertiary/aromatic N) is 4. The summed E-state index contributed by atoms with van der Waals surface area (Å²) in [5.41, 5.74) is 3.79. The van der Waals surface area contributed by atoms with Gasteiger partial charge < -0.3 is 25.0 Å². The molecule has 0 spiro atoms. The summed E-state index contributed by atoms with van der Waals surface area (Å²) in [6.45, 7) is 1.42. The molecule has 1 unspecified atom stereocenters. The monoisotopic (exact) mass is 512 g/mol. The minimum absolute atomic E-state index is 0.190. The van der Waals surface area contributed by atoms with Crippen molar-refractivity contribution in [2.75, 3.05) is 10.6 Å². The van der Waals surface area contributed by atoms with Crippen LogP contribution in [0, 0.1) is 0 Å². The lowest BCUT2D eigenvalue weighted by molar-refractivity contribution is -0.114. The molecule has 2 aliphatic carbocycles. The molecule has 0 radical (unpaired) electrons. The van der Waals surface area contributed by atoms with Gasteiger partial charge in [-0.3, -0.25) is 14.2 Å². The summed E-state index contributed by atoms with van der Waals surface area (Å²) in [4.78, 5) is 33.5. The molecule has 3 heterocycles. The summed E-state index contributed by atoms with van der Waals surface area (Å²) < 4.78 is 9.47. The van der Waals surface area contributed by atoms with Gasteiger partial charge >= 0.3 is 0 Å². The largest absolute Gasteiger partial charge is 0.457 e. The fourth-order valence-corrected chi connectivity index (χ4v) is 4.54. The number of aromatic nitrogens is 4. The van der Waals surface area contributed by atoms with Crippen molar-refractivity contribution in [2.45, 2.75) is 44.6 Å². The molecule has 0 saturated heterocycles. The van der Waals surface area contributed by atoms with Crippen molar-refractivity contribution in [3.63, 3.8) is 0 Å². The van der Waals surface area contributed by atoms with Crippen molar-refractivity contribution >= 4 is 40.6 Å². The maximum Gasteiger partial charge on any atom is 0.278 e. The molecule has 2 saturated carbocycles. The molecule has 1 amide bonds. The zero-order valence-electron chi connectivity index (χ0n) is 21.1. The highest BCUT2D eigenvalue weighted by Gasteiger charge is 2.26. The van der Waals surface area contributed by atoms with Crippen LogP contribution in [0.15, 0.2) is 59.2 Å². The Kier molecular flexibility index (Phi) is 5.96. The summed E-state index contributed by atoms with van der Waals surface area (Å²) in [7, 11) is 1.87. The molecule has 10 nitrogen and oxygen atoms in total. The number of hydrogen-bond donors (Lipinski definition) is 3. The molecule has 2 fully saturated rings. The molecule has 3 N–H and O–H groups in total. The molecule has 194 valence electrons. The standard InChI is InChI=1S/C28H28N6O4/c1-16(35)30-26-13-21(9-10-29-26)38-20-6-7-22-24(12-20)33(2)28(31-22)32-23-11-19(17-3-4-17)15-34(27(23)37)14-18-5-8-25(18)36/h6-7,9-15,17,25,36H,3-5,8H2,1-2H3,(H,31,32)(H,29,30,35)/b18-14+. The van der Waals surface area contributed by atoms with Crippen molar-refractivity contribution in [3.8, 4) is 11.5 Å². The molecular weight excluding hydrogens is 484 g/mol. The zero-order chi connectivity index (χ0) is 26.4. The number of carbonyl (C=O) groups excluding carboxylic acids is 1. The predicted octanol–water partition coefficient (Wildman–Crippen LogP) is 4.50. The Bertz CT molecular complexity index is 1650. The molecular formula is C28H28N6O4. The summed E-state index contributed by atoms with van der Waals surface area (Å²) in [5.74, 6) is 2.30. The number of nitrogens with one attached hydrogen (secondary N) is 2. The lowest BCUT2D eigenvalue weighted by atomic mass is 9.90. The van der Waals surface area contributed by atoms with Crippen LogP contribution in [0.1, 0.15) is 44.1 Å². The van der Waals surface area contributed by atoms with Crippen molar-refractivity contribution in [1.29, 1.82) is 0 Å². The maximum atomic E-state index is 13.3. The van der Waals surface area contributed by atoms with Gasteiger partial charge in [0.25, 0.3) is 5.56 Å². The number of aliphatic hydroxyl groups is 1. The molecule has 1 atom stereocenters. The van der Waals surface area contributed by atoms with Gasteiger partial charge in [-0.15, -0.1) is 0 Å². The third kappa shape index (κ3) is 4.78. The van der Waals surface area contributed by atoms with Gasteiger partial charge in [0.05, 0.1) is 17.1 Å². The van der Waals surface area contributed by atoms with E-state index in [9.17, 15) is 14.7 Å². The number of amides is 1. The Morgan fingerprint density at radius 1 is 1.16 bits per heavy atom. The van der Waals surface area contributed by atoms with E-state index in [1.54, 1.807) is 29.1 Å². The van der Waals surface area contributed by atoms with Crippen LogP contribution in [-0.4, -0.2) is 36.2 Å². The second-order valence-electron chi connectivity index (χ2n) is 9.86. The van der Waals surface area contributed by atoms with Gasteiger partial charge in [-0.05, 0) is 67.0 Å². The highest BCUT2D eigenvalue weighted by molar-refractivity contribution is 5.87. The molecule has 0 bridgehead atoms. The van der Waals surface area contributed by atoms with Crippen LogP contribution < -0.4 is 20.9 Å². The second kappa shape index (κ2) is 9.46. The lowest BCUT2D eigenvalue weighted by Gasteiger charge is -2.24. The summed E-state index contributed by atoms with van der Waals surface area (Å²) in [5, 5.41) is 15.9. The first-order valence-corrected chi connectivity index (χ1v) is 12.6. The molecule has 38 heavy (non-hydrogen) atoms. The molecule has 4 aromatic rings. The maximum absolute atomic E-state index is 13.3. The number of rotatable bonds is 7. The lowest BCUT2D eigenvalue weighted by Crippen LogP contribution is -2.25. The van der Waals surface area contributed by atoms with E-state index in [-0.39, 0.29) is 11.5 Å². The normalized spacial score (nSPS) is 17.9. The van der Waals surface area contributed by atoms with E-state index in [1.807, 2.05) is 42.1 Å². The average Bonchev–Trinajstić information content (AvgIpc) is 3.69. The number of carbonyl (C=O) groups is 1. The number of imidazole rings is 1. The number of aryl methyl sites for hydroxylation is 1. The molecule has 10 heteroatoms. The van der Waals surface area contributed by atoms with Crippen LogP contribution in [0.5, 0.6) is 11.5 Å².